The Labute approximate surface area is 229 Å². The van der Waals surface area contributed by atoms with Gasteiger partial charge in [-0.25, -0.2) is 4.39 Å². The molecule has 6 nitrogen and oxygen atoms in total. The Kier molecular flexibility index (Phi) is 8.76. The van der Waals surface area contributed by atoms with E-state index < -0.39 is 0 Å². The van der Waals surface area contributed by atoms with Crippen molar-refractivity contribution < 1.29 is 18.7 Å². The summed E-state index contributed by atoms with van der Waals surface area (Å²) in [6, 6.07) is 24.2. The van der Waals surface area contributed by atoms with Crippen LogP contribution in [0.4, 0.5) is 15.8 Å². The summed E-state index contributed by atoms with van der Waals surface area (Å²) in [5, 5.41) is 2.90. The number of amides is 2. The summed E-state index contributed by atoms with van der Waals surface area (Å²) in [6.07, 6.45) is 3.96. The van der Waals surface area contributed by atoms with Crippen LogP contribution in [-0.2, 0) is 9.59 Å². The Morgan fingerprint density at radius 1 is 0.821 bits per heavy atom. The van der Waals surface area contributed by atoms with Crippen LogP contribution in [-0.4, -0.2) is 49.5 Å². The van der Waals surface area contributed by atoms with Crippen LogP contribution in [0, 0.1) is 11.7 Å². The number of nitrogens with one attached hydrogen (secondary N) is 1. The van der Waals surface area contributed by atoms with Crippen molar-refractivity contribution in [1.82, 2.24) is 4.90 Å². The van der Waals surface area contributed by atoms with Crippen molar-refractivity contribution in [3.8, 4) is 5.75 Å². The largest absolute Gasteiger partial charge is 0.493 e. The number of hydrogen-bond acceptors (Lipinski definition) is 4. The summed E-state index contributed by atoms with van der Waals surface area (Å²) in [5.74, 6) is 0.954. The van der Waals surface area contributed by atoms with Crippen LogP contribution < -0.4 is 15.0 Å². The summed E-state index contributed by atoms with van der Waals surface area (Å²) >= 11 is 0. The standard InChI is InChI=1S/C32H36FN3O3/c33-27-8-12-30(13-9-27)39-23-18-31(37)34-28-10-6-24(7-11-28)25-14-21-36(22-15-25)32(38)26-16-19-35(20-17-26)29-4-2-1-3-5-29/h1-13,25-26H,14-23H2,(H,34,37). The Morgan fingerprint density at radius 3 is 2.15 bits per heavy atom. The van der Waals surface area contributed by atoms with Crippen molar-refractivity contribution in [3.63, 3.8) is 0 Å². The average molecular weight is 530 g/mol. The number of likely N-dealkylation sites (tertiary alicyclic amines) is 1. The highest BCUT2D eigenvalue weighted by Crippen LogP contribution is 2.31. The maximum Gasteiger partial charge on any atom is 0.227 e. The third kappa shape index (κ3) is 7.16. The second-order valence-corrected chi connectivity index (χ2v) is 10.4. The molecule has 0 unspecified atom stereocenters. The van der Waals surface area contributed by atoms with Gasteiger partial charge in [0, 0.05) is 43.5 Å². The summed E-state index contributed by atoms with van der Waals surface area (Å²) in [5.41, 5.74) is 3.24. The molecule has 2 aliphatic rings. The first-order chi connectivity index (χ1) is 19.0. The lowest BCUT2D eigenvalue weighted by Gasteiger charge is -2.38. The van der Waals surface area contributed by atoms with E-state index in [2.05, 4.69) is 51.5 Å². The summed E-state index contributed by atoms with van der Waals surface area (Å²) in [6.45, 7) is 3.69. The van der Waals surface area contributed by atoms with E-state index in [1.807, 2.05) is 18.2 Å². The zero-order valence-corrected chi connectivity index (χ0v) is 22.2. The van der Waals surface area contributed by atoms with E-state index in [0.717, 1.165) is 57.5 Å². The molecule has 2 fully saturated rings. The molecule has 5 rings (SSSR count). The lowest BCUT2D eigenvalue weighted by molar-refractivity contribution is -0.137. The molecule has 7 heteroatoms. The van der Waals surface area contributed by atoms with E-state index in [4.69, 9.17) is 4.74 Å². The average Bonchev–Trinajstić information content (AvgIpc) is 2.99. The number of ether oxygens (including phenoxy) is 1. The van der Waals surface area contributed by atoms with Gasteiger partial charge in [0.25, 0.3) is 0 Å². The maximum absolute atomic E-state index is 13.2. The number of halogens is 1. The number of anilines is 2. The van der Waals surface area contributed by atoms with Crippen LogP contribution in [0.1, 0.15) is 43.6 Å². The fourth-order valence-electron chi connectivity index (χ4n) is 5.57. The highest BCUT2D eigenvalue weighted by atomic mass is 19.1. The SMILES string of the molecule is O=C(CCOc1ccc(F)cc1)Nc1ccc(C2CCN(C(=O)C3CCN(c4ccccc4)CC3)CC2)cc1. The van der Waals surface area contributed by atoms with Gasteiger partial charge >= 0.3 is 0 Å². The molecule has 0 radical (unpaired) electrons. The second-order valence-electron chi connectivity index (χ2n) is 10.4. The minimum Gasteiger partial charge on any atom is -0.493 e. The van der Waals surface area contributed by atoms with Crippen LogP contribution in [0.2, 0.25) is 0 Å². The number of carbonyl (C=O) groups is 2. The molecule has 3 aromatic rings. The van der Waals surface area contributed by atoms with Gasteiger partial charge in [0.05, 0.1) is 13.0 Å². The molecule has 2 saturated heterocycles. The first-order valence-electron chi connectivity index (χ1n) is 13.9. The zero-order valence-electron chi connectivity index (χ0n) is 22.2. The molecule has 0 aromatic heterocycles. The highest BCUT2D eigenvalue weighted by molar-refractivity contribution is 5.90. The number of carbonyl (C=O) groups excluding carboxylic acids is 2. The van der Waals surface area contributed by atoms with Gasteiger partial charge < -0.3 is 19.9 Å². The van der Waals surface area contributed by atoms with Gasteiger partial charge in [-0.15, -0.1) is 0 Å². The number of nitrogens with zero attached hydrogens (tertiary/aromatic N) is 2. The molecule has 0 aliphatic carbocycles. The molecule has 2 amide bonds. The van der Waals surface area contributed by atoms with Crippen LogP contribution in [0.15, 0.2) is 78.9 Å². The quantitative estimate of drug-likeness (QED) is 0.397. The minimum absolute atomic E-state index is 0.130. The fourth-order valence-corrected chi connectivity index (χ4v) is 5.57. The number of rotatable bonds is 8. The zero-order chi connectivity index (χ0) is 27.0. The molecular weight excluding hydrogens is 493 g/mol. The Balaban J connectivity index is 1.03. The lowest BCUT2D eigenvalue weighted by atomic mass is 9.88. The fraction of sp³-hybridized carbons (Fsp3) is 0.375. The molecule has 2 aliphatic heterocycles. The highest BCUT2D eigenvalue weighted by Gasteiger charge is 2.31. The van der Waals surface area contributed by atoms with Gasteiger partial charge in [-0.1, -0.05) is 30.3 Å². The number of hydrogen-bond donors (Lipinski definition) is 1. The molecule has 2 heterocycles. The Hall–Kier alpha value is -3.87. The van der Waals surface area contributed by atoms with E-state index in [-0.39, 0.29) is 30.7 Å². The monoisotopic (exact) mass is 529 g/mol. The summed E-state index contributed by atoms with van der Waals surface area (Å²) in [7, 11) is 0. The van der Waals surface area contributed by atoms with Crippen molar-refractivity contribution in [1.29, 1.82) is 0 Å². The third-order valence-corrected chi connectivity index (χ3v) is 7.85. The Morgan fingerprint density at radius 2 is 1.49 bits per heavy atom. The van der Waals surface area contributed by atoms with Gasteiger partial charge in [-0.3, -0.25) is 9.59 Å². The predicted molar refractivity (Wildman–Crippen MR) is 152 cm³/mol. The summed E-state index contributed by atoms with van der Waals surface area (Å²) in [4.78, 5) is 29.9. The molecule has 0 saturated carbocycles. The molecular formula is C32H36FN3O3. The van der Waals surface area contributed by atoms with Gasteiger partial charge in [-0.05, 0) is 85.7 Å². The maximum atomic E-state index is 13.2. The van der Waals surface area contributed by atoms with Gasteiger partial charge in [-0.2, -0.15) is 0 Å². The Bertz CT molecular complexity index is 1220. The van der Waals surface area contributed by atoms with Crippen LogP contribution in [0.5, 0.6) is 5.75 Å². The smallest absolute Gasteiger partial charge is 0.227 e. The number of piperidine rings is 2. The van der Waals surface area contributed by atoms with E-state index >= 15 is 0 Å². The molecule has 0 spiro atoms. The van der Waals surface area contributed by atoms with E-state index in [1.165, 1.54) is 23.4 Å². The number of para-hydroxylation sites is 1. The second kappa shape index (κ2) is 12.8. The van der Waals surface area contributed by atoms with Crippen LogP contribution >= 0.6 is 0 Å². The lowest BCUT2D eigenvalue weighted by Crippen LogP contribution is -2.45. The first-order valence-corrected chi connectivity index (χ1v) is 13.9. The van der Waals surface area contributed by atoms with Gasteiger partial charge in [0.1, 0.15) is 11.6 Å². The molecule has 204 valence electrons. The normalized spacial score (nSPS) is 16.6. The van der Waals surface area contributed by atoms with Crippen LogP contribution in [0.3, 0.4) is 0 Å². The van der Waals surface area contributed by atoms with Gasteiger partial charge in [0.2, 0.25) is 11.8 Å². The van der Waals surface area contributed by atoms with Crippen molar-refractivity contribution in [2.45, 2.75) is 38.0 Å². The van der Waals surface area contributed by atoms with Crippen LogP contribution in [0.25, 0.3) is 0 Å². The summed E-state index contributed by atoms with van der Waals surface area (Å²) < 4.78 is 18.5. The molecule has 39 heavy (non-hydrogen) atoms. The topological polar surface area (TPSA) is 61.9 Å². The molecule has 0 atom stereocenters. The third-order valence-electron chi connectivity index (χ3n) is 7.85. The van der Waals surface area contributed by atoms with Crippen molar-refractivity contribution >= 4 is 23.2 Å². The van der Waals surface area contributed by atoms with E-state index in [9.17, 15) is 14.0 Å². The minimum atomic E-state index is -0.321. The van der Waals surface area contributed by atoms with E-state index in [1.54, 1.807) is 12.1 Å². The van der Waals surface area contributed by atoms with E-state index in [0.29, 0.717) is 17.6 Å². The molecule has 0 bridgehead atoms. The molecule has 1 N–H and O–H groups in total. The van der Waals surface area contributed by atoms with Crippen molar-refractivity contribution in [2.75, 3.05) is 43.0 Å². The van der Waals surface area contributed by atoms with Crippen molar-refractivity contribution in [3.05, 3.63) is 90.2 Å². The molecule has 3 aromatic carbocycles. The van der Waals surface area contributed by atoms with Gasteiger partial charge in [0.15, 0.2) is 0 Å². The number of benzene rings is 3. The van der Waals surface area contributed by atoms with Crippen molar-refractivity contribution in [2.24, 2.45) is 5.92 Å². The first kappa shape index (κ1) is 26.7. The predicted octanol–water partition coefficient (Wildman–Crippen LogP) is 5.86.